The summed E-state index contributed by atoms with van der Waals surface area (Å²) in [5.74, 6) is 0.216. The van der Waals surface area contributed by atoms with E-state index in [1.165, 1.54) is 11.1 Å². The SMILES string of the molecule is C/C(O)=C1\C=C2N=C1C(Br)=C1CC(C)(C)C(=CC3=NC(=C(c4ccc(C)cc4)C4=NC(=C2c2c(C)cc(C)cc2C)C=C4)C=C3)N1. The molecule has 0 amide bonds. The minimum atomic E-state index is -0.159. The molecule has 0 atom stereocenters. The quantitative estimate of drug-likeness (QED) is 0.313. The van der Waals surface area contributed by atoms with Gasteiger partial charge in [0.05, 0.1) is 44.5 Å². The van der Waals surface area contributed by atoms with Crippen molar-refractivity contribution in [3.63, 3.8) is 0 Å². The number of aliphatic hydroxyl groups is 1. The standard InChI is InChI=1S/C40H37BrN4O/c1-21-8-10-26(11-9-21)36-29-13-12-27(42-29)18-34-40(6,7)20-33(44-34)38(41)39-28(25(5)46)19-32(45-39)37(31-15-14-30(36)43-31)35-23(3)16-22(2)17-24(35)4/h8-19,44,46H,20H2,1-7H3/b28-25-,34-18?,36-29?,37-31?,38-33?. The number of allylic oxidation sites excluding steroid dienone is 13. The number of halogens is 1. The normalized spacial score (nSPS) is 21.0. The highest BCUT2D eigenvalue weighted by Gasteiger charge is 2.36. The van der Waals surface area contributed by atoms with Gasteiger partial charge in [-0.15, -0.1) is 0 Å². The van der Waals surface area contributed by atoms with Gasteiger partial charge in [0.25, 0.3) is 0 Å². The van der Waals surface area contributed by atoms with Crippen molar-refractivity contribution in [3.05, 3.63) is 151 Å². The monoisotopic (exact) mass is 668 g/mol. The van der Waals surface area contributed by atoms with Crippen LogP contribution in [0.3, 0.4) is 0 Å². The van der Waals surface area contributed by atoms with E-state index in [4.69, 9.17) is 15.0 Å². The lowest BCUT2D eigenvalue weighted by atomic mass is 9.87. The van der Waals surface area contributed by atoms with Gasteiger partial charge < -0.3 is 10.4 Å². The fraction of sp³-hybridized carbons (Fsp3) is 0.225. The number of fused-ring (bicyclic) bond motifs is 5. The van der Waals surface area contributed by atoms with Gasteiger partial charge >= 0.3 is 0 Å². The maximum atomic E-state index is 11.0. The second kappa shape index (κ2) is 11.1. The van der Waals surface area contributed by atoms with E-state index in [0.29, 0.717) is 11.3 Å². The Morgan fingerprint density at radius 2 is 1.50 bits per heavy atom. The first-order valence-electron chi connectivity index (χ1n) is 15.7. The van der Waals surface area contributed by atoms with Gasteiger partial charge in [-0.05, 0) is 116 Å². The number of aliphatic imine (C=N–C) groups is 3. The van der Waals surface area contributed by atoms with Crippen molar-refractivity contribution < 1.29 is 5.11 Å². The zero-order valence-electron chi connectivity index (χ0n) is 27.3. The van der Waals surface area contributed by atoms with Crippen LogP contribution in [0.15, 0.2) is 132 Å². The summed E-state index contributed by atoms with van der Waals surface area (Å²) < 4.78 is 0.838. The molecule has 0 radical (unpaired) electrons. The van der Waals surface area contributed by atoms with Crippen LogP contribution in [-0.2, 0) is 0 Å². The zero-order valence-corrected chi connectivity index (χ0v) is 28.9. The molecule has 2 aromatic carbocycles. The predicted molar refractivity (Wildman–Crippen MR) is 195 cm³/mol. The van der Waals surface area contributed by atoms with Crippen LogP contribution in [0.4, 0.5) is 0 Å². The maximum Gasteiger partial charge on any atom is 0.0986 e. The van der Waals surface area contributed by atoms with Gasteiger partial charge in [0.1, 0.15) is 0 Å². The van der Waals surface area contributed by atoms with Crippen molar-refractivity contribution >= 4 is 44.2 Å². The number of nitrogens with zero attached hydrogens (tertiary/aromatic N) is 3. The molecule has 0 saturated carbocycles. The Kier molecular flexibility index (Phi) is 7.24. The predicted octanol–water partition coefficient (Wildman–Crippen LogP) is 9.76. The van der Waals surface area contributed by atoms with Crippen molar-refractivity contribution in [1.29, 1.82) is 0 Å². The van der Waals surface area contributed by atoms with E-state index < -0.39 is 0 Å². The van der Waals surface area contributed by atoms with Crippen LogP contribution in [0.1, 0.15) is 60.6 Å². The van der Waals surface area contributed by atoms with Crippen molar-refractivity contribution in [2.75, 3.05) is 0 Å². The molecular formula is C40H37BrN4O. The van der Waals surface area contributed by atoms with Crippen molar-refractivity contribution in [3.8, 4) is 0 Å². The van der Waals surface area contributed by atoms with Crippen molar-refractivity contribution in [2.45, 2.75) is 54.9 Å². The Balaban J connectivity index is 1.58. The van der Waals surface area contributed by atoms with E-state index in [0.717, 1.165) is 84.2 Å². The number of hydrogen-bond donors (Lipinski definition) is 2. The summed E-state index contributed by atoms with van der Waals surface area (Å²) in [6.45, 7) is 14.7. The number of aryl methyl sites for hydroxylation is 4. The van der Waals surface area contributed by atoms with Crippen LogP contribution >= 0.6 is 15.9 Å². The zero-order chi connectivity index (χ0) is 32.5. The Labute approximate surface area is 279 Å². The molecule has 0 spiro atoms. The Morgan fingerprint density at radius 1 is 0.826 bits per heavy atom. The van der Waals surface area contributed by atoms with E-state index in [9.17, 15) is 5.11 Å². The molecule has 5 nitrogen and oxygen atoms in total. The van der Waals surface area contributed by atoms with Crippen LogP contribution in [0, 0.1) is 33.1 Å². The summed E-state index contributed by atoms with van der Waals surface area (Å²) in [6.07, 6.45) is 13.3. The summed E-state index contributed by atoms with van der Waals surface area (Å²) in [4.78, 5) is 15.7. The van der Waals surface area contributed by atoms with E-state index in [1.807, 2.05) is 6.08 Å². The topological polar surface area (TPSA) is 69.3 Å². The average molecular weight is 670 g/mol. The molecule has 5 aliphatic heterocycles. The lowest BCUT2D eigenvalue weighted by Crippen LogP contribution is -2.15. The molecule has 2 aromatic rings. The van der Waals surface area contributed by atoms with Gasteiger partial charge in [-0.3, -0.25) is 0 Å². The van der Waals surface area contributed by atoms with Gasteiger partial charge in [-0.2, -0.15) is 0 Å². The first-order valence-corrected chi connectivity index (χ1v) is 16.5. The molecule has 230 valence electrons. The molecular weight excluding hydrogens is 632 g/mol. The highest BCUT2D eigenvalue weighted by molar-refractivity contribution is 9.12. The van der Waals surface area contributed by atoms with Gasteiger partial charge in [0.15, 0.2) is 0 Å². The highest BCUT2D eigenvalue weighted by atomic mass is 79.9. The number of benzene rings is 2. The maximum absolute atomic E-state index is 11.0. The van der Waals surface area contributed by atoms with Gasteiger partial charge in [0.2, 0.25) is 0 Å². The van der Waals surface area contributed by atoms with Crippen molar-refractivity contribution in [1.82, 2.24) is 5.32 Å². The van der Waals surface area contributed by atoms with Gasteiger partial charge in [-0.1, -0.05) is 61.4 Å². The Bertz CT molecular complexity index is 2070. The summed E-state index contributed by atoms with van der Waals surface area (Å²) >= 11 is 3.91. The number of rotatable bonds is 2. The fourth-order valence-electron chi connectivity index (χ4n) is 6.90. The van der Waals surface area contributed by atoms with Crippen LogP contribution in [0.2, 0.25) is 0 Å². The molecule has 0 aromatic heterocycles. The number of hydrogen-bond acceptors (Lipinski definition) is 5. The lowest BCUT2D eigenvalue weighted by molar-refractivity contribution is 0.412. The molecule has 2 N–H and O–H groups in total. The van der Waals surface area contributed by atoms with Gasteiger partial charge in [0, 0.05) is 33.5 Å². The first kappa shape index (κ1) is 30.1. The number of aliphatic hydroxyl groups excluding tert-OH is 1. The number of nitrogens with one attached hydrogen (secondary N) is 1. The van der Waals surface area contributed by atoms with Crippen LogP contribution in [-0.4, -0.2) is 22.2 Å². The molecule has 7 rings (SSSR count). The molecule has 0 unspecified atom stereocenters. The van der Waals surface area contributed by atoms with Crippen molar-refractivity contribution in [2.24, 2.45) is 20.4 Å². The summed E-state index contributed by atoms with van der Waals surface area (Å²) in [5, 5.41) is 14.7. The molecule has 46 heavy (non-hydrogen) atoms. The summed E-state index contributed by atoms with van der Waals surface area (Å²) in [7, 11) is 0. The van der Waals surface area contributed by atoms with E-state index in [2.05, 4.69) is 130 Å². The smallest absolute Gasteiger partial charge is 0.0986 e. The first-order chi connectivity index (χ1) is 21.9. The fourth-order valence-corrected chi connectivity index (χ4v) is 7.45. The average Bonchev–Trinajstić information content (AvgIpc) is 3.79. The second-order valence-electron chi connectivity index (χ2n) is 13.4. The molecule has 5 heterocycles. The molecule has 8 bridgehead atoms. The Hall–Kier alpha value is -4.55. The van der Waals surface area contributed by atoms with Crippen LogP contribution < -0.4 is 5.32 Å². The highest BCUT2D eigenvalue weighted by Crippen LogP contribution is 2.45. The van der Waals surface area contributed by atoms with E-state index in [1.54, 1.807) is 6.92 Å². The molecule has 1 fully saturated rings. The molecule has 0 aliphatic carbocycles. The van der Waals surface area contributed by atoms with E-state index in [-0.39, 0.29) is 11.2 Å². The van der Waals surface area contributed by atoms with Gasteiger partial charge in [-0.25, -0.2) is 15.0 Å². The minimum absolute atomic E-state index is 0.159. The molecule has 5 aliphatic rings. The lowest BCUT2D eigenvalue weighted by Gasteiger charge is -2.17. The largest absolute Gasteiger partial charge is 0.512 e. The third kappa shape index (κ3) is 5.15. The van der Waals surface area contributed by atoms with Crippen LogP contribution in [0.5, 0.6) is 0 Å². The summed E-state index contributed by atoms with van der Waals surface area (Å²) in [6, 6.07) is 13.0. The van der Waals surface area contributed by atoms with Crippen LogP contribution in [0.25, 0.3) is 11.1 Å². The van der Waals surface area contributed by atoms with E-state index >= 15 is 0 Å². The third-order valence-electron chi connectivity index (χ3n) is 9.15. The second-order valence-corrected chi connectivity index (χ2v) is 14.2. The summed E-state index contributed by atoms with van der Waals surface area (Å²) in [5.41, 5.74) is 16.3. The molecule has 1 saturated heterocycles. The molecule has 6 heteroatoms. The Morgan fingerprint density at radius 3 is 2.20 bits per heavy atom. The third-order valence-corrected chi connectivity index (χ3v) is 10.0. The minimum Gasteiger partial charge on any atom is -0.512 e.